The van der Waals surface area contributed by atoms with Crippen LogP contribution in [0.2, 0.25) is 0 Å². The third-order valence-electron chi connectivity index (χ3n) is 4.33. The highest BCUT2D eigenvalue weighted by atomic mass is 19.4. The molecule has 0 spiro atoms. The molecule has 2 heterocycles. The Kier molecular flexibility index (Phi) is 5.36. The van der Waals surface area contributed by atoms with E-state index in [4.69, 9.17) is 9.47 Å². The number of ether oxygens (including phenoxy) is 2. The third-order valence-corrected chi connectivity index (χ3v) is 4.33. The maximum atomic E-state index is 12.8. The van der Waals surface area contributed by atoms with E-state index in [2.05, 4.69) is 5.32 Å². The molecule has 0 radical (unpaired) electrons. The Bertz CT molecular complexity index is 676. The fraction of sp³-hybridized carbons (Fsp3) is 0.529. The summed E-state index contributed by atoms with van der Waals surface area (Å²) in [6.45, 7) is 1.17. The van der Waals surface area contributed by atoms with Crippen LogP contribution in [-0.2, 0) is 27.0 Å². The molecule has 0 bridgehead atoms. The van der Waals surface area contributed by atoms with Crippen molar-refractivity contribution in [2.24, 2.45) is 0 Å². The Balaban J connectivity index is 1.59. The number of piperidine rings is 1. The SMILES string of the molecule is O=C(NC1CCCN(Cc2cccc(C(F)(F)F)c2)C1=O)OC1COC1. The molecule has 0 aromatic heterocycles. The number of alkyl carbamates (subject to hydrolysis) is 1. The van der Waals surface area contributed by atoms with Crippen molar-refractivity contribution < 1.29 is 32.2 Å². The predicted molar refractivity (Wildman–Crippen MR) is 84.1 cm³/mol. The van der Waals surface area contributed by atoms with E-state index in [1.807, 2.05) is 0 Å². The molecule has 2 saturated heterocycles. The third kappa shape index (κ3) is 4.46. The van der Waals surface area contributed by atoms with Gasteiger partial charge in [-0.15, -0.1) is 0 Å². The van der Waals surface area contributed by atoms with Gasteiger partial charge in [-0.2, -0.15) is 13.2 Å². The van der Waals surface area contributed by atoms with Crippen LogP contribution in [0.3, 0.4) is 0 Å². The van der Waals surface area contributed by atoms with Gasteiger partial charge in [0.15, 0.2) is 6.10 Å². The van der Waals surface area contributed by atoms with Gasteiger partial charge < -0.3 is 19.7 Å². The second kappa shape index (κ2) is 7.53. The molecule has 142 valence electrons. The van der Waals surface area contributed by atoms with Crippen LogP contribution < -0.4 is 5.32 Å². The standard InChI is InChI=1S/C17H19F3N2O4/c18-17(19,20)12-4-1-3-11(7-12)8-22-6-2-5-14(15(22)23)21-16(24)26-13-9-25-10-13/h1,3-4,7,13-14H,2,5-6,8-10H2,(H,21,24). The van der Waals surface area contributed by atoms with Crippen molar-refractivity contribution in [3.05, 3.63) is 35.4 Å². The van der Waals surface area contributed by atoms with Crippen molar-refractivity contribution in [1.82, 2.24) is 10.2 Å². The number of halogens is 3. The van der Waals surface area contributed by atoms with E-state index in [1.54, 1.807) is 6.07 Å². The lowest BCUT2D eigenvalue weighted by Gasteiger charge is -2.33. The molecular formula is C17H19F3N2O4. The monoisotopic (exact) mass is 372 g/mol. The van der Waals surface area contributed by atoms with E-state index < -0.39 is 23.9 Å². The zero-order chi connectivity index (χ0) is 18.7. The summed E-state index contributed by atoms with van der Waals surface area (Å²) in [6, 6.07) is 4.16. The number of hydrogen-bond donors (Lipinski definition) is 1. The van der Waals surface area contributed by atoms with Crippen molar-refractivity contribution in [3.63, 3.8) is 0 Å². The molecular weight excluding hydrogens is 353 g/mol. The summed E-state index contributed by atoms with van der Waals surface area (Å²) in [7, 11) is 0. The van der Waals surface area contributed by atoms with Gasteiger partial charge in [0.2, 0.25) is 5.91 Å². The minimum absolute atomic E-state index is 0.0620. The van der Waals surface area contributed by atoms with E-state index in [-0.39, 0.29) is 18.6 Å². The van der Waals surface area contributed by atoms with Crippen molar-refractivity contribution in [2.75, 3.05) is 19.8 Å². The Labute approximate surface area is 148 Å². The van der Waals surface area contributed by atoms with Crippen LogP contribution in [0.4, 0.5) is 18.0 Å². The Morgan fingerprint density at radius 3 is 2.77 bits per heavy atom. The van der Waals surface area contributed by atoms with Crippen LogP contribution in [0, 0.1) is 0 Å². The van der Waals surface area contributed by atoms with Crippen LogP contribution in [0.5, 0.6) is 0 Å². The van der Waals surface area contributed by atoms with Crippen LogP contribution >= 0.6 is 0 Å². The van der Waals surface area contributed by atoms with Crippen LogP contribution in [-0.4, -0.2) is 48.8 Å². The van der Waals surface area contributed by atoms with Gasteiger partial charge in [-0.25, -0.2) is 4.79 Å². The van der Waals surface area contributed by atoms with Gasteiger partial charge in [-0.05, 0) is 30.5 Å². The number of rotatable bonds is 4. The number of carbonyl (C=O) groups is 2. The smallest absolute Gasteiger partial charge is 0.416 e. The van der Waals surface area contributed by atoms with Gasteiger partial charge in [0.1, 0.15) is 6.04 Å². The highest BCUT2D eigenvalue weighted by molar-refractivity contribution is 5.86. The van der Waals surface area contributed by atoms with E-state index in [0.717, 1.165) is 12.1 Å². The second-order valence-electron chi connectivity index (χ2n) is 6.36. The lowest BCUT2D eigenvalue weighted by Crippen LogP contribution is -2.53. The molecule has 6 nitrogen and oxygen atoms in total. The first-order valence-corrected chi connectivity index (χ1v) is 8.33. The van der Waals surface area contributed by atoms with Gasteiger partial charge in [0, 0.05) is 13.1 Å². The highest BCUT2D eigenvalue weighted by Gasteiger charge is 2.33. The first-order valence-electron chi connectivity index (χ1n) is 8.33. The van der Waals surface area contributed by atoms with Gasteiger partial charge in [0.25, 0.3) is 0 Å². The van der Waals surface area contributed by atoms with Gasteiger partial charge in [-0.1, -0.05) is 12.1 Å². The minimum atomic E-state index is -4.43. The topological polar surface area (TPSA) is 67.9 Å². The zero-order valence-electron chi connectivity index (χ0n) is 13.9. The average Bonchev–Trinajstić information content (AvgIpc) is 2.54. The molecule has 1 aromatic carbocycles. The van der Waals surface area contributed by atoms with Gasteiger partial charge in [-0.3, -0.25) is 4.79 Å². The number of carbonyl (C=O) groups excluding carboxylic acids is 2. The fourth-order valence-electron chi connectivity index (χ4n) is 2.91. The number of nitrogens with one attached hydrogen (secondary N) is 1. The molecule has 1 aromatic rings. The molecule has 9 heteroatoms. The number of nitrogens with zero attached hydrogens (tertiary/aromatic N) is 1. The largest absolute Gasteiger partial charge is 0.441 e. The second-order valence-corrected chi connectivity index (χ2v) is 6.36. The van der Waals surface area contributed by atoms with E-state index in [9.17, 15) is 22.8 Å². The Hall–Kier alpha value is -2.29. The van der Waals surface area contributed by atoms with Crippen molar-refractivity contribution in [2.45, 2.75) is 37.7 Å². The predicted octanol–water partition coefficient (Wildman–Crippen LogP) is 2.32. The van der Waals surface area contributed by atoms with Gasteiger partial charge in [0.05, 0.1) is 18.8 Å². The van der Waals surface area contributed by atoms with Crippen molar-refractivity contribution >= 4 is 12.0 Å². The lowest BCUT2D eigenvalue weighted by atomic mass is 10.0. The molecule has 1 unspecified atom stereocenters. The molecule has 26 heavy (non-hydrogen) atoms. The maximum absolute atomic E-state index is 12.8. The number of hydrogen-bond acceptors (Lipinski definition) is 4. The summed E-state index contributed by atoms with van der Waals surface area (Å²) in [6.07, 6.45) is -4.30. The summed E-state index contributed by atoms with van der Waals surface area (Å²) in [4.78, 5) is 25.8. The molecule has 2 aliphatic heterocycles. The molecule has 1 atom stereocenters. The van der Waals surface area contributed by atoms with Crippen molar-refractivity contribution in [1.29, 1.82) is 0 Å². The molecule has 2 aliphatic rings. The molecule has 1 N–H and O–H groups in total. The first kappa shape index (κ1) is 18.5. The number of likely N-dealkylation sites (tertiary alicyclic amines) is 1. The minimum Gasteiger partial charge on any atom is -0.441 e. The molecule has 0 saturated carbocycles. The Morgan fingerprint density at radius 2 is 2.12 bits per heavy atom. The summed E-state index contributed by atoms with van der Waals surface area (Å²) < 4.78 is 48.4. The molecule has 0 aliphatic carbocycles. The fourth-order valence-corrected chi connectivity index (χ4v) is 2.91. The molecule has 2 fully saturated rings. The summed E-state index contributed by atoms with van der Waals surface area (Å²) >= 11 is 0. The van der Waals surface area contributed by atoms with Crippen LogP contribution in [0.25, 0.3) is 0 Å². The zero-order valence-corrected chi connectivity index (χ0v) is 13.9. The molecule has 3 rings (SSSR count). The van der Waals surface area contributed by atoms with Crippen LogP contribution in [0.15, 0.2) is 24.3 Å². The van der Waals surface area contributed by atoms with E-state index >= 15 is 0 Å². The summed E-state index contributed by atoms with van der Waals surface area (Å²) in [5.74, 6) is -0.324. The van der Waals surface area contributed by atoms with Gasteiger partial charge >= 0.3 is 12.3 Å². The maximum Gasteiger partial charge on any atom is 0.416 e. The number of alkyl halides is 3. The average molecular weight is 372 g/mol. The number of benzene rings is 1. The Morgan fingerprint density at radius 1 is 1.35 bits per heavy atom. The van der Waals surface area contributed by atoms with Crippen LogP contribution in [0.1, 0.15) is 24.0 Å². The van der Waals surface area contributed by atoms with Crippen molar-refractivity contribution in [3.8, 4) is 0 Å². The lowest BCUT2D eigenvalue weighted by molar-refractivity contribution is -0.137. The summed E-state index contributed by atoms with van der Waals surface area (Å²) in [5.41, 5.74) is -0.358. The normalized spacial score (nSPS) is 21.3. The molecule has 2 amide bonds. The first-order chi connectivity index (χ1) is 12.3. The summed E-state index contributed by atoms with van der Waals surface area (Å²) in [5, 5.41) is 2.53. The number of amides is 2. The van der Waals surface area contributed by atoms with E-state index in [0.29, 0.717) is 38.2 Å². The quantitative estimate of drug-likeness (QED) is 0.881. The van der Waals surface area contributed by atoms with E-state index in [1.165, 1.54) is 11.0 Å². The highest BCUT2D eigenvalue weighted by Crippen LogP contribution is 2.30.